The van der Waals surface area contributed by atoms with E-state index in [-0.39, 0.29) is 12.5 Å². The van der Waals surface area contributed by atoms with E-state index in [1.165, 1.54) is 0 Å². The lowest BCUT2D eigenvalue weighted by atomic mass is 9.77. The Morgan fingerprint density at radius 2 is 1.43 bits per heavy atom. The quantitative estimate of drug-likeness (QED) is 0.167. The molecule has 0 aliphatic carbocycles. The van der Waals surface area contributed by atoms with Crippen molar-refractivity contribution in [2.75, 3.05) is 18.4 Å². The summed E-state index contributed by atoms with van der Waals surface area (Å²) in [4.78, 5) is 28.9. The highest BCUT2D eigenvalue weighted by Gasteiger charge is 2.41. The van der Waals surface area contributed by atoms with Crippen LogP contribution in [0, 0.1) is 24.2 Å². The molecule has 2 amide bonds. The van der Waals surface area contributed by atoms with Crippen LogP contribution in [0.5, 0.6) is 0 Å². The summed E-state index contributed by atoms with van der Waals surface area (Å²) in [5, 5.41) is 19.0. The van der Waals surface area contributed by atoms with Crippen molar-refractivity contribution in [2.45, 2.75) is 51.7 Å². The summed E-state index contributed by atoms with van der Waals surface area (Å²) >= 11 is 0. The summed E-state index contributed by atoms with van der Waals surface area (Å²) in [6.07, 6.45) is 0.907. The Labute approximate surface area is 310 Å². The smallest absolute Gasteiger partial charge is 0.410 e. The number of amides is 2. The van der Waals surface area contributed by atoms with E-state index in [0.29, 0.717) is 30.8 Å². The van der Waals surface area contributed by atoms with E-state index < -0.39 is 23.2 Å². The Morgan fingerprint density at radius 3 is 2.00 bits per heavy atom. The molecule has 7 rings (SSSR count). The molecule has 266 valence electrons. The second-order valence-corrected chi connectivity index (χ2v) is 14.7. The third kappa shape index (κ3) is 6.91. The molecule has 1 aromatic heterocycles. The molecule has 5 aromatic carbocycles. The molecule has 8 heteroatoms. The lowest BCUT2D eigenvalue weighted by Gasteiger charge is -2.37. The molecule has 8 nitrogen and oxygen atoms in total. The number of carbonyl (C=O) groups excluding carboxylic acids is 2. The number of likely N-dealkylation sites (tertiary alicyclic amines) is 1. The minimum Gasteiger partial charge on any atom is -0.444 e. The first-order valence-corrected chi connectivity index (χ1v) is 18.1. The standard InChI is InChI=1S/C45H43N5O3/c1-31-22-23-32(29-46)27-38(31)33-24-25-40-39(28-33)41(47-42(51)34-15-14-26-49(30-34)43(52)53-44(2,3)4)48-50(40)45(35-16-8-5-9-17-35,36-18-10-6-11-19-36)37-20-12-7-13-21-37/h5-13,16-25,27-28,34H,14-15,26,30H2,1-4H3,(H,47,48,51)/t34-/m1/s1. The molecule has 0 unspecified atom stereocenters. The molecule has 0 bridgehead atoms. The molecular formula is C45H43N5O3. The van der Waals surface area contributed by atoms with Crippen molar-refractivity contribution in [1.29, 1.82) is 5.26 Å². The molecule has 2 heterocycles. The number of rotatable bonds is 7. The van der Waals surface area contributed by atoms with Crippen LogP contribution in [0.25, 0.3) is 22.0 Å². The molecule has 0 spiro atoms. The topological polar surface area (TPSA) is 100 Å². The van der Waals surface area contributed by atoms with Crippen molar-refractivity contribution in [3.05, 3.63) is 155 Å². The highest BCUT2D eigenvalue weighted by atomic mass is 16.6. The molecule has 0 saturated carbocycles. The van der Waals surface area contributed by atoms with Gasteiger partial charge < -0.3 is 15.0 Å². The third-order valence-electron chi connectivity index (χ3n) is 9.94. The Morgan fingerprint density at radius 1 is 0.830 bits per heavy atom. The number of hydrogen-bond acceptors (Lipinski definition) is 5. The molecular weight excluding hydrogens is 659 g/mol. The number of aromatic nitrogens is 2. The van der Waals surface area contributed by atoms with Gasteiger partial charge >= 0.3 is 6.09 Å². The molecule has 1 atom stereocenters. The second-order valence-electron chi connectivity index (χ2n) is 14.7. The summed E-state index contributed by atoms with van der Waals surface area (Å²) < 4.78 is 7.68. The summed E-state index contributed by atoms with van der Waals surface area (Å²) in [5.41, 5.74) is 5.68. The van der Waals surface area contributed by atoms with Gasteiger partial charge in [0.2, 0.25) is 5.91 Å². The van der Waals surface area contributed by atoms with E-state index in [2.05, 4.69) is 66.0 Å². The maximum absolute atomic E-state index is 14.3. The Hall–Kier alpha value is -6.20. The number of carbonyl (C=O) groups is 2. The minimum absolute atomic E-state index is 0.206. The number of nitrogens with zero attached hydrogens (tertiary/aromatic N) is 4. The average molecular weight is 702 g/mol. The molecule has 1 N–H and O–H groups in total. The fourth-order valence-electron chi connectivity index (χ4n) is 7.44. The van der Waals surface area contributed by atoms with Gasteiger partial charge in [0, 0.05) is 18.5 Å². The first-order valence-electron chi connectivity index (χ1n) is 18.1. The van der Waals surface area contributed by atoms with Crippen molar-refractivity contribution in [3.8, 4) is 17.2 Å². The van der Waals surface area contributed by atoms with Crippen molar-refractivity contribution in [1.82, 2.24) is 14.7 Å². The maximum Gasteiger partial charge on any atom is 0.410 e. The van der Waals surface area contributed by atoms with Gasteiger partial charge in [0.15, 0.2) is 5.82 Å². The fraction of sp³-hybridized carbons (Fsp3) is 0.244. The number of piperidine rings is 1. The van der Waals surface area contributed by atoms with Crippen LogP contribution < -0.4 is 5.32 Å². The number of ether oxygens (including phenoxy) is 1. The second kappa shape index (κ2) is 14.4. The molecule has 6 aromatic rings. The number of anilines is 1. The molecule has 53 heavy (non-hydrogen) atoms. The predicted octanol–water partition coefficient (Wildman–Crippen LogP) is 9.31. The van der Waals surface area contributed by atoms with Crippen molar-refractivity contribution >= 4 is 28.7 Å². The fourth-order valence-corrected chi connectivity index (χ4v) is 7.44. The normalized spacial score (nSPS) is 14.8. The van der Waals surface area contributed by atoms with Gasteiger partial charge in [0.05, 0.1) is 23.1 Å². The number of nitriles is 1. The number of nitrogens with one attached hydrogen (secondary N) is 1. The maximum atomic E-state index is 14.3. The highest BCUT2D eigenvalue weighted by molar-refractivity contribution is 6.02. The Kier molecular flexibility index (Phi) is 9.59. The van der Waals surface area contributed by atoms with Crippen LogP contribution in [0.1, 0.15) is 61.4 Å². The van der Waals surface area contributed by atoms with Crippen LogP contribution in [0.15, 0.2) is 127 Å². The summed E-state index contributed by atoms with van der Waals surface area (Å²) in [7, 11) is 0. The SMILES string of the molecule is Cc1ccc(C#N)cc1-c1ccc2c(c1)c(NC(=O)[C@@H]1CCCN(C(=O)OC(C)(C)C)C1)nn2C(c1ccccc1)(c1ccccc1)c1ccccc1. The van der Waals surface area contributed by atoms with E-state index in [4.69, 9.17) is 9.84 Å². The zero-order valence-corrected chi connectivity index (χ0v) is 30.5. The van der Waals surface area contributed by atoms with Crippen LogP contribution in [0.4, 0.5) is 10.6 Å². The number of hydrogen-bond donors (Lipinski definition) is 1. The predicted molar refractivity (Wildman–Crippen MR) is 208 cm³/mol. The van der Waals surface area contributed by atoms with Gasteiger partial charge in [-0.25, -0.2) is 9.48 Å². The first kappa shape index (κ1) is 35.2. The molecule has 1 fully saturated rings. The van der Waals surface area contributed by atoms with Crippen LogP contribution >= 0.6 is 0 Å². The van der Waals surface area contributed by atoms with Gasteiger partial charge in [-0.15, -0.1) is 0 Å². The number of fused-ring (bicyclic) bond motifs is 1. The largest absolute Gasteiger partial charge is 0.444 e. The monoisotopic (exact) mass is 701 g/mol. The van der Waals surface area contributed by atoms with Crippen molar-refractivity contribution in [2.24, 2.45) is 5.92 Å². The van der Waals surface area contributed by atoms with E-state index in [9.17, 15) is 14.9 Å². The Balaban J connectivity index is 1.42. The molecule has 1 aliphatic rings. The van der Waals surface area contributed by atoms with E-state index in [0.717, 1.165) is 44.3 Å². The first-order chi connectivity index (χ1) is 25.6. The Bertz CT molecular complexity index is 2210. The van der Waals surface area contributed by atoms with Gasteiger partial charge in [-0.1, -0.05) is 103 Å². The molecule has 1 aliphatic heterocycles. The third-order valence-corrected chi connectivity index (χ3v) is 9.94. The van der Waals surface area contributed by atoms with E-state index in [1.807, 2.05) is 105 Å². The lowest BCUT2D eigenvalue weighted by Crippen LogP contribution is -2.45. The van der Waals surface area contributed by atoms with Crippen LogP contribution in [0.2, 0.25) is 0 Å². The minimum atomic E-state index is -0.929. The summed E-state index contributed by atoms with van der Waals surface area (Å²) in [6.45, 7) is 8.34. The van der Waals surface area contributed by atoms with E-state index >= 15 is 0 Å². The van der Waals surface area contributed by atoms with Crippen LogP contribution in [0.3, 0.4) is 0 Å². The van der Waals surface area contributed by atoms with Gasteiger partial charge in [0.25, 0.3) is 0 Å². The van der Waals surface area contributed by atoms with Crippen LogP contribution in [-0.4, -0.2) is 45.4 Å². The zero-order chi connectivity index (χ0) is 37.2. The van der Waals surface area contributed by atoms with Gasteiger partial charge in [0.1, 0.15) is 11.1 Å². The van der Waals surface area contributed by atoms with E-state index in [1.54, 1.807) is 4.90 Å². The summed E-state index contributed by atoms with van der Waals surface area (Å²) in [5.74, 6) is -0.235. The van der Waals surface area contributed by atoms with Crippen molar-refractivity contribution in [3.63, 3.8) is 0 Å². The van der Waals surface area contributed by atoms with Gasteiger partial charge in [-0.3, -0.25) is 4.79 Å². The number of aryl methyl sites for hydroxylation is 1. The highest BCUT2D eigenvalue weighted by Crippen LogP contribution is 2.44. The van der Waals surface area contributed by atoms with Gasteiger partial charge in [-0.2, -0.15) is 10.4 Å². The molecule has 1 saturated heterocycles. The van der Waals surface area contributed by atoms with Crippen molar-refractivity contribution < 1.29 is 14.3 Å². The zero-order valence-electron chi connectivity index (χ0n) is 30.5. The van der Waals surface area contributed by atoms with Gasteiger partial charge in [-0.05, 0) is 98.2 Å². The van der Waals surface area contributed by atoms with Crippen LogP contribution in [-0.2, 0) is 15.1 Å². The lowest BCUT2D eigenvalue weighted by molar-refractivity contribution is -0.121. The summed E-state index contributed by atoms with van der Waals surface area (Å²) in [6, 6.07) is 45.0. The average Bonchev–Trinajstić information content (AvgIpc) is 3.53. The molecule has 0 radical (unpaired) electrons. The number of benzene rings is 5.